The molecule has 0 saturated heterocycles. The van der Waals surface area contributed by atoms with Gasteiger partial charge in [-0.2, -0.15) is 18.6 Å². The van der Waals surface area contributed by atoms with Gasteiger partial charge in [0.25, 0.3) is 10.1 Å². The van der Waals surface area contributed by atoms with Gasteiger partial charge in [0.05, 0.1) is 16.3 Å². The topological polar surface area (TPSA) is 79.1 Å². The van der Waals surface area contributed by atoms with E-state index < -0.39 is 10.1 Å². The fourth-order valence-electron chi connectivity index (χ4n) is 1.25. The highest BCUT2D eigenvalue weighted by molar-refractivity contribution is 7.85. The van der Waals surface area contributed by atoms with Crippen molar-refractivity contribution in [3.05, 3.63) is 54.6 Å². The number of hydrogen-bond acceptors (Lipinski definition) is 4. The second-order valence-corrected chi connectivity index (χ2v) is 4.85. The van der Waals surface area contributed by atoms with E-state index in [2.05, 4.69) is 16.3 Å². The molecule has 0 fully saturated rings. The molecule has 0 aromatic heterocycles. The fourth-order valence-corrected chi connectivity index (χ4v) is 1.73. The SMILES string of the molecule is O=S(=O)(O)c1ccc(N=Nc2cc[c]cc2)cc1. The van der Waals surface area contributed by atoms with Crippen LogP contribution < -0.4 is 0 Å². The molecule has 0 amide bonds. The Balaban J connectivity index is 2.19. The molecule has 2 rings (SSSR count). The molecule has 1 radical (unpaired) electrons. The van der Waals surface area contributed by atoms with Gasteiger partial charge in [-0.05, 0) is 42.5 Å². The van der Waals surface area contributed by atoms with E-state index in [1.54, 1.807) is 24.3 Å². The lowest BCUT2D eigenvalue weighted by atomic mass is 10.3. The van der Waals surface area contributed by atoms with Gasteiger partial charge in [0.2, 0.25) is 0 Å². The van der Waals surface area contributed by atoms with Gasteiger partial charge in [0, 0.05) is 0 Å². The number of hydrogen-bond donors (Lipinski definition) is 1. The summed E-state index contributed by atoms with van der Waals surface area (Å²) >= 11 is 0. The summed E-state index contributed by atoms with van der Waals surface area (Å²) in [5.74, 6) is 0. The minimum Gasteiger partial charge on any atom is -0.282 e. The molecule has 0 aliphatic rings. The van der Waals surface area contributed by atoms with Crippen molar-refractivity contribution in [1.82, 2.24) is 0 Å². The van der Waals surface area contributed by atoms with Gasteiger partial charge < -0.3 is 0 Å². The van der Waals surface area contributed by atoms with Crippen molar-refractivity contribution in [1.29, 1.82) is 0 Å². The van der Waals surface area contributed by atoms with Crippen molar-refractivity contribution < 1.29 is 13.0 Å². The smallest absolute Gasteiger partial charge is 0.282 e. The maximum atomic E-state index is 10.8. The zero-order valence-electron chi connectivity index (χ0n) is 9.19. The summed E-state index contributed by atoms with van der Waals surface area (Å²) in [5, 5.41) is 7.90. The first kappa shape index (κ1) is 12.4. The lowest BCUT2D eigenvalue weighted by molar-refractivity contribution is 0.483. The standard InChI is InChI=1S/C12H9N2O3S/c15-18(16,17)12-8-6-11(7-9-12)14-13-10-4-2-1-3-5-10/h2-9H,(H,15,16,17). The Hall–Kier alpha value is -2.05. The molecule has 0 atom stereocenters. The molecule has 0 saturated carbocycles. The minimum absolute atomic E-state index is 0.171. The molecule has 18 heavy (non-hydrogen) atoms. The van der Waals surface area contributed by atoms with Crippen molar-refractivity contribution in [2.45, 2.75) is 4.90 Å². The van der Waals surface area contributed by atoms with Crippen LogP contribution in [-0.2, 0) is 10.1 Å². The number of rotatable bonds is 3. The highest BCUT2D eigenvalue weighted by Gasteiger charge is 2.07. The minimum atomic E-state index is -4.16. The van der Waals surface area contributed by atoms with Crippen molar-refractivity contribution in [2.75, 3.05) is 0 Å². The molecule has 5 nitrogen and oxygen atoms in total. The molecular formula is C12H9N2O3S. The van der Waals surface area contributed by atoms with Gasteiger partial charge >= 0.3 is 0 Å². The Labute approximate surface area is 105 Å². The Morgan fingerprint density at radius 2 is 1.39 bits per heavy atom. The maximum Gasteiger partial charge on any atom is 0.294 e. The predicted octanol–water partition coefficient (Wildman–Crippen LogP) is 3.15. The molecule has 0 aliphatic carbocycles. The van der Waals surface area contributed by atoms with Crippen LogP contribution in [-0.4, -0.2) is 13.0 Å². The molecule has 2 aromatic carbocycles. The third-order valence-corrected chi connectivity index (χ3v) is 2.98. The van der Waals surface area contributed by atoms with Crippen molar-refractivity contribution in [3.8, 4) is 0 Å². The van der Waals surface area contributed by atoms with E-state index in [0.717, 1.165) is 0 Å². The van der Waals surface area contributed by atoms with Gasteiger partial charge in [-0.25, -0.2) is 0 Å². The Morgan fingerprint density at radius 1 is 0.889 bits per heavy atom. The van der Waals surface area contributed by atoms with Crippen LogP contribution in [0.4, 0.5) is 11.4 Å². The first-order chi connectivity index (χ1) is 8.55. The van der Waals surface area contributed by atoms with Gasteiger partial charge in [-0.1, -0.05) is 12.1 Å². The molecule has 0 spiro atoms. The number of nitrogens with zero attached hydrogens (tertiary/aromatic N) is 2. The molecule has 0 aliphatic heterocycles. The molecule has 2 aromatic rings. The maximum absolute atomic E-state index is 10.8. The van der Waals surface area contributed by atoms with Crippen LogP contribution in [0.3, 0.4) is 0 Å². The van der Waals surface area contributed by atoms with Gasteiger partial charge in [0.15, 0.2) is 0 Å². The first-order valence-electron chi connectivity index (χ1n) is 5.01. The molecule has 1 N–H and O–H groups in total. The molecule has 0 heterocycles. The van der Waals surface area contributed by atoms with Gasteiger partial charge in [0.1, 0.15) is 0 Å². The van der Waals surface area contributed by atoms with Crippen LogP contribution in [0.2, 0.25) is 0 Å². The lowest BCUT2D eigenvalue weighted by Crippen LogP contribution is -1.96. The van der Waals surface area contributed by atoms with E-state index in [-0.39, 0.29) is 4.90 Å². The summed E-state index contributed by atoms with van der Waals surface area (Å²) in [6, 6.07) is 15.2. The normalized spacial score (nSPS) is 11.8. The average molecular weight is 261 g/mol. The van der Waals surface area contributed by atoms with Gasteiger partial charge in [-0.3, -0.25) is 4.55 Å². The van der Waals surface area contributed by atoms with E-state index in [1.165, 1.54) is 24.3 Å². The van der Waals surface area contributed by atoms with E-state index in [0.29, 0.717) is 11.4 Å². The summed E-state index contributed by atoms with van der Waals surface area (Å²) < 4.78 is 30.4. The fraction of sp³-hybridized carbons (Fsp3) is 0. The highest BCUT2D eigenvalue weighted by Crippen LogP contribution is 2.19. The lowest BCUT2D eigenvalue weighted by Gasteiger charge is -1.96. The third kappa shape index (κ3) is 3.22. The quantitative estimate of drug-likeness (QED) is 0.680. The highest BCUT2D eigenvalue weighted by atomic mass is 32.2. The van der Waals surface area contributed by atoms with Crippen LogP contribution in [0.1, 0.15) is 0 Å². The van der Waals surface area contributed by atoms with E-state index >= 15 is 0 Å². The monoisotopic (exact) mass is 261 g/mol. The summed E-state index contributed by atoms with van der Waals surface area (Å²) in [6.07, 6.45) is 0. The van der Waals surface area contributed by atoms with Crippen molar-refractivity contribution >= 4 is 21.5 Å². The van der Waals surface area contributed by atoms with Crippen LogP contribution >= 0.6 is 0 Å². The largest absolute Gasteiger partial charge is 0.294 e. The third-order valence-electron chi connectivity index (χ3n) is 2.12. The van der Waals surface area contributed by atoms with Crippen molar-refractivity contribution in [3.63, 3.8) is 0 Å². The van der Waals surface area contributed by atoms with Crippen molar-refractivity contribution in [2.24, 2.45) is 10.2 Å². The molecule has 0 unspecified atom stereocenters. The van der Waals surface area contributed by atoms with Crippen LogP contribution in [0, 0.1) is 6.07 Å². The van der Waals surface area contributed by atoms with E-state index in [1.807, 2.05) is 0 Å². The van der Waals surface area contributed by atoms with Crippen LogP contribution in [0.25, 0.3) is 0 Å². The Kier molecular flexibility index (Phi) is 3.50. The Morgan fingerprint density at radius 3 is 1.89 bits per heavy atom. The second-order valence-electron chi connectivity index (χ2n) is 3.43. The zero-order valence-corrected chi connectivity index (χ0v) is 10.0. The first-order valence-corrected chi connectivity index (χ1v) is 6.45. The summed E-state index contributed by atoms with van der Waals surface area (Å²) in [6.45, 7) is 0. The zero-order chi connectivity index (χ0) is 13.0. The molecule has 0 bridgehead atoms. The number of azo groups is 1. The van der Waals surface area contributed by atoms with E-state index in [9.17, 15) is 8.42 Å². The summed E-state index contributed by atoms with van der Waals surface area (Å²) in [7, 11) is -4.16. The van der Waals surface area contributed by atoms with Crippen LogP contribution in [0.5, 0.6) is 0 Å². The molecule has 6 heteroatoms. The van der Waals surface area contributed by atoms with Gasteiger partial charge in [-0.15, -0.1) is 0 Å². The molecule has 91 valence electrons. The predicted molar refractivity (Wildman–Crippen MR) is 65.7 cm³/mol. The average Bonchev–Trinajstić information content (AvgIpc) is 2.37. The Bertz CT molecular complexity index is 649. The molecular weight excluding hydrogens is 252 g/mol. The number of benzene rings is 2. The summed E-state index contributed by atoms with van der Waals surface area (Å²) in [5.41, 5.74) is 1.17. The second kappa shape index (κ2) is 5.07. The van der Waals surface area contributed by atoms with Crippen LogP contribution in [0.15, 0.2) is 63.7 Å². The van der Waals surface area contributed by atoms with E-state index in [4.69, 9.17) is 4.55 Å². The summed E-state index contributed by atoms with van der Waals surface area (Å²) in [4.78, 5) is -0.171.